The third-order valence-electron chi connectivity index (χ3n) is 5.80. The Labute approximate surface area is 150 Å². The molecule has 2 heterocycles. The van der Waals surface area contributed by atoms with E-state index in [1.54, 1.807) is 0 Å². The van der Waals surface area contributed by atoms with Gasteiger partial charge in [0.25, 0.3) is 0 Å². The van der Waals surface area contributed by atoms with Crippen LogP contribution >= 0.6 is 0 Å². The molecule has 4 nitrogen and oxygen atoms in total. The van der Waals surface area contributed by atoms with Crippen molar-refractivity contribution in [3.05, 3.63) is 42.0 Å². The van der Waals surface area contributed by atoms with E-state index in [1.165, 1.54) is 22.0 Å². The van der Waals surface area contributed by atoms with E-state index < -0.39 is 0 Å². The SMILES string of the molecule is Cc1cccc2cc(N3CCC(C(=O)N4CCN(C)CC4)C3)ccc12. The molecule has 0 N–H and O–H groups in total. The van der Waals surface area contributed by atoms with E-state index in [2.05, 4.69) is 65.1 Å². The maximum Gasteiger partial charge on any atom is 0.227 e. The predicted molar refractivity (Wildman–Crippen MR) is 103 cm³/mol. The van der Waals surface area contributed by atoms with E-state index in [4.69, 9.17) is 0 Å². The average Bonchev–Trinajstić information content (AvgIpc) is 3.12. The highest BCUT2D eigenvalue weighted by Gasteiger charge is 2.32. The molecule has 2 aromatic carbocycles. The highest BCUT2D eigenvalue weighted by molar-refractivity contribution is 5.89. The summed E-state index contributed by atoms with van der Waals surface area (Å²) in [5, 5.41) is 2.60. The number of hydrogen-bond acceptors (Lipinski definition) is 3. The monoisotopic (exact) mass is 337 g/mol. The summed E-state index contributed by atoms with van der Waals surface area (Å²) in [5.41, 5.74) is 2.56. The van der Waals surface area contributed by atoms with Gasteiger partial charge in [-0.2, -0.15) is 0 Å². The minimum atomic E-state index is 0.150. The first-order chi connectivity index (χ1) is 12.1. The number of carbonyl (C=O) groups excluding carboxylic acids is 1. The van der Waals surface area contributed by atoms with Gasteiger partial charge < -0.3 is 14.7 Å². The third-order valence-corrected chi connectivity index (χ3v) is 5.80. The summed E-state index contributed by atoms with van der Waals surface area (Å²) in [6, 6.07) is 13.1. The van der Waals surface area contributed by atoms with Gasteiger partial charge in [0.2, 0.25) is 5.91 Å². The minimum Gasteiger partial charge on any atom is -0.371 e. The van der Waals surface area contributed by atoms with Gasteiger partial charge in [-0.3, -0.25) is 4.79 Å². The van der Waals surface area contributed by atoms with Crippen molar-refractivity contribution >= 4 is 22.4 Å². The molecule has 2 fully saturated rings. The van der Waals surface area contributed by atoms with Gasteiger partial charge in [0, 0.05) is 45.0 Å². The van der Waals surface area contributed by atoms with Crippen LogP contribution in [0.3, 0.4) is 0 Å². The summed E-state index contributed by atoms with van der Waals surface area (Å²) in [6.45, 7) is 7.72. The van der Waals surface area contributed by atoms with Gasteiger partial charge in [-0.05, 0) is 48.9 Å². The number of amides is 1. The number of aryl methyl sites for hydroxylation is 1. The molecule has 4 rings (SSSR count). The maximum atomic E-state index is 12.8. The highest BCUT2D eigenvalue weighted by Crippen LogP contribution is 2.29. The number of nitrogens with zero attached hydrogens (tertiary/aromatic N) is 3. The lowest BCUT2D eigenvalue weighted by Crippen LogP contribution is -2.49. The first-order valence-corrected chi connectivity index (χ1v) is 9.33. The lowest BCUT2D eigenvalue weighted by molar-refractivity contribution is -0.136. The van der Waals surface area contributed by atoms with Crippen LogP contribution in [0.4, 0.5) is 5.69 Å². The molecule has 2 aromatic rings. The molecular formula is C21H27N3O. The molecule has 0 radical (unpaired) electrons. The van der Waals surface area contributed by atoms with Crippen LogP contribution in [0.1, 0.15) is 12.0 Å². The largest absolute Gasteiger partial charge is 0.371 e. The highest BCUT2D eigenvalue weighted by atomic mass is 16.2. The number of benzene rings is 2. The summed E-state index contributed by atoms with van der Waals surface area (Å²) in [5.74, 6) is 0.504. The Morgan fingerprint density at radius 1 is 1.04 bits per heavy atom. The Hall–Kier alpha value is -2.07. The minimum absolute atomic E-state index is 0.150. The Bertz CT molecular complexity index is 780. The Balaban J connectivity index is 1.46. The topological polar surface area (TPSA) is 26.8 Å². The van der Waals surface area contributed by atoms with Crippen LogP contribution in [0.2, 0.25) is 0 Å². The van der Waals surface area contributed by atoms with Crippen LogP contribution < -0.4 is 4.90 Å². The molecule has 1 unspecified atom stereocenters. The molecule has 0 bridgehead atoms. The molecule has 4 heteroatoms. The third kappa shape index (κ3) is 3.23. The fourth-order valence-electron chi connectivity index (χ4n) is 4.11. The van der Waals surface area contributed by atoms with Crippen molar-refractivity contribution < 1.29 is 4.79 Å². The molecule has 0 aromatic heterocycles. The molecule has 1 amide bonds. The molecule has 2 aliphatic rings. The lowest BCUT2D eigenvalue weighted by atomic mass is 10.0. The van der Waals surface area contributed by atoms with Crippen molar-refractivity contribution in [3.63, 3.8) is 0 Å². The normalized spacial score (nSPS) is 21.9. The van der Waals surface area contributed by atoms with Crippen molar-refractivity contribution in [1.82, 2.24) is 9.80 Å². The van der Waals surface area contributed by atoms with Gasteiger partial charge in [0.1, 0.15) is 0 Å². The van der Waals surface area contributed by atoms with E-state index in [9.17, 15) is 4.79 Å². The maximum absolute atomic E-state index is 12.8. The van der Waals surface area contributed by atoms with Crippen molar-refractivity contribution in [2.75, 3.05) is 51.2 Å². The van der Waals surface area contributed by atoms with Crippen molar-refractivity contribution in [1.29, 1.82) is 0 Å². The second-order valence-corrected chi connectivity index (χ2v) is 7.54. The van der Waals surface area contributed by atoms with E-state index in [0.717, 1.165) is 45.7 Å². The van der Waals surface area contributed by atoms with Crippen LogP contribution in [-0.4, -0.2) is 62.0 Å². The van der Waals surface area contributed by atoms with Crippen LogP contribution in [0.25, 0.3) is 10.8 Å². The standard InChI is InChI=1S/C21H27N3O/c1-16-4-3-5-17-14-19(6-7-20(16)17)24-9-8-18(15-24)21(25)23-12-10-22(2)11-13-23/h3-7,14,18H,8-13,15H2,1-2H3. The zero-order valence-electron chi connectivity index (χ0n) is 15.2. The van der Waals surface area contributed by atoms with Crippen LogP contribution in [0.5, 0.6) is 0 Å². The molecule has 1 atom stereocenters. The predicted octanol–water partition coefficient (Wildman–Crippen LogP) is 2.75. The molecule has 0 saturated carbocycles. The number of rotatable bonds is 2. The van der Waals surface area contributed by atoms with Crippen molar-refractivity contribution in [2.45, 2.75) is 13.3 Å². The molecule has 132 valence electrons. The van der Waals surface area contributed by atoms with Gasteiger partial charge in [-0.1, -0.05) is 24.3 Å². The number of carbonyl (C=O) groups is 1. The fraction of sp³-hybridized carbons (Fsp3) is 0.476. The number of hydrogen-bond donors (Lipinski definition) is 0. The molecule has 0 aliphatic carbocycles. The van der Waals surface area contributed by atoms with E-state index in [1.807, 2.05) is 0 Å². The van der Waals surface area contributed by atoms with Gasteiger partial charge in [-0.25, -0.2) is 0 Å². The van der Waals surface area contributed by atoms with E-state index >= 15 is 0 Å². The summed E-state index contributed by atoms with van der Waals surface area (Å²) < 4.78 is 0. The van der Waals surface area contributed by atoms with Crippen LogP contribution in [0.15, 0.2) is 36.4 Å². The first-order valence-electron chi connectivity index (χ1n) is 9.33. The smallest absolute Gasteiger partial charge is 0.227 e. The molecule has 25 heavy (non-hydrogen) atoms. The van der Waals surface area contributed by atoms with E-state index in [0.29, 0.717) is 5.91 Å². The second kappa shape index (κ2) is 6.68. The number of likely N-dealkylation sites (N-methyl/N-ethyl adjacent to an activating group) is 1. The Morgan fingerprint density at radius 3 is 2.64 bits per heavy atom. The van der Waals surface area contributed by atoms with Crippen LogP contribution in [-0.2, 0) is 4.79 Å². The number of anilines is 1. The zero-order chi connectivity index (χ0) is 17.4. The lowest BCUT2D eigenvalue weighted by Gasteiger charge is -2.34. The zero-order valence-corrected chi connectivity index (χ0v) is 15.2. The summed E-state index contributed by atoms with van der Waals surface area (Å²) in [4.78, 5) is 19.6. The van der Waals surface area contributed by atoms with Gasteiger partial charge in [-0.15, -0.1) is 0 Å². The van der Waals surface area contributed by atoms with E-state index in [-0.39, 0.29) is 5.92 Å². The Morgan fingerprint density at radius 2 is 1.84 bits per heavy atom. The van der Waals surface area contributed by atoms with Gasteiger partial charge >= 0.3 is 0 Å². The van der Waals surface area contributed by atoms with Gasteiger partial charge in [0.05, 0.1) is 5.92 Å². The summed E-state index contributed by atoms with van der Waals surface area (Å²) in [6.07, 6.45) is 0.969. The van der Waals surface area contributed by atoms with Crippen molar-refractivity contribution in [2.24, 2.45) is 5.92 Å². The summed E-state index contributed by atoms with van der Waals surface area (Å²) >= 11 is 0. The second-order valence-electron chi connectivity index (χ2n) is 7.54. The molecule has 2 aliphatic heterocycles. The number of fused-ring (bicyclic) bond motifs is 1. The summed E-state index contributed by atoms with van der Waals surface area (Å²) in [7, 11) is 2.13. The molecule has 2 saturated heterocycles. The van der Waals surface area contributed by atoms with Gasteiger partial charge in [0.15, 0.2) is 0 Å². The Kier molecular flexibility index (Phi) is 4.38. The van der Waals surface area contributed by atoms with Crippen molar-refractivity contribution in [3.8, 4) is 0 Å². The molecular weight excluding hydrogens is 310 g/mol. The number of piperazine rings is 1. The average molecular weight is 337 g/mol. The molecule has 0 spiro atoms. The van der Waals surface area contributed by atoms with Crippen LogP contribution in [0, 0.1) is 12.8 Å². The quantitative estimate of drug-likeness (QED) is 0.843. The first kappa shape index (κ1) is 16.4. The fourth-order valence-corrected chi connectivity index (χ4v) is 4.11.